The number of unbranched alkanes of at least 4 members (excludes halogenated alkanes) is 7. The van der Waals surface area contributed by atoms with Crippen LogP contribution in [0.1, 0.15) is 71.6 Å². The summed E-state index contributed by atoms with van der Waals surface area (Å²) in [7, 11) is -3.92. The third-order valence-electron chi connectivity index (χ3n) is 3.44. The van der Waals surface area contributed by atoms with Crippen LogP contribution in [0.25, 0.3) is 0 Å². The van der Waals surface area contributed by atoms with Gasteiger partial charge in [0.2, 0.25) is 0 Å². The maximum Gasteiger partial charge on any atom is 0.324 e. The summed E-state index contributed by atoms with van der Waals surface area (Å²) in [5, 5.41) is 8.56. The second-order valence-electron chi connectivity index (χ2n) is 5.55. The van der Waals surface area contributed by atoms with Crippen molar-refractivity contribution in [3.05, 3.63) is 0 Å². The zero-order chi connectivity index (χ0) is 16.1. The molecule has 1 atom stereocenters. The highest BCUT2D eigenvalue weighted by molar-refractivity contribution is 7.87. The molecule has 0 saturated carbocycles. The molecule has 1 N–H and O–H groups in total. The van der Waals surface area contributed by atoms with Crippen molar-refractivity contribution in [2.45, 2.75) is 71.6 Å². The third kappa shape index (κ3) is 11.7. The number of rotatable bonds is 13. The van der Waals surface area contributed by atoms with E-state index in [1.807, 2.05) is 0 Å². The van der Waals surface area contributed by atoms with Crippen molar-refractivity contribution >= 4 is 16.1 Å². The molecule has 0 aromatic rings. The molecule has 0 aromatic carbocycles. The molecular weight excluding hydrogens is 292 g/mol. The summed E-state index contributed by atoms with van der Waals surface area (Å²) < 4.78 is 26.9. The number of aliphatic hydroxyl groups excluding tert-OH is 1. The molecule has 1 unspecified atom stereocenters. The SMILES string of the molecule is CCCCCCCCCCC(C)C(=O)OS(=O)(=O)CCO. The fourth-order valence-corrected chi connectivity index (χ4v) is 2.78. The fourth-order valence-electron chi connectivity index (χ4n) is 2.06. The van der Waals surface area contributed by atoms with E-state index in [-0.39, 0.29) is 0 Å². The molecule has 0 heterocycles. The highest BCUT2D eigenvalue weighted by Gasteiger charge is 2.21. The number of hydrogen-bond donors (Lipinski definition) is 1. The molecule has 0 amide bonds. The van der Waals surface area contributed by atoms with Gasteiger partial charge in [-0.05, 0) is 6.42 Å². The molecule has 126 valence electrons. The Labute approximate surface area is 129 Å². The number of carbonyl (C=O) groups is 1. The molecule has 0 saturated heterocycles. The zero-order valence-corrected chi connectivity index (χ0v) is 14.2. The average molecular weight is 322 g/mol. The van der Waals surface area contributed by atoms with Crippen molar-refractivity contribution in [3.63, 3.8) is 0 Å². The minimum Gasteiger partial charge on any atom is -0.395 e. The van der Waals surface area contributed by atoms with Crippen LogP contribution in [0.5, 0.6) is 0 Å². The van der Waals surface area contributed by atoms with Gasteiger partial charge in [-0.3, -0.25) is 4.79 Å². The standard InChI is InChI=1S/C15H30O5S/c1-3-4-5-6-7-8-9-10-11-14(2)15(17)20-21(18,19)13-12-16/h14,16H,3-13H2,1-2H3. The van der Waals surface area contributed by atoms with Gasteiger partial charge < -0.3 is 9.29 Å². The smallest absolute Gasteiger partial charge is 0.324 e. The molecule has 5 nitrogen and oxygen atoms in total. The van der Waals surface area contributed by atoms with Crippen molar-refractivity contribution in [2.24, 2.45) is 5.92 Å². The van der Waals surface area contributed by atoms with Crippen molar-refractivity contribution < 1.29 is 22.5 Å². The summed E-state index contributed by atoms with van der Waals surface area (Å²) in [5.41, 5.74) is 0. The topological polar surface area (TPSA) is 80.7 Å². The molecule has 21 heavy (non-hydrogen) atoms. The fraction of sp³-hybridized carbons (Fsp3) is 0.933. The molecule has 0 aliphatic rings. The van der Waals surface area contributed by atoms with Crippen LogP contribution in [0.4, 0.5) is 0 Å². The van der Waals surface area contributed by atoms with E-state index in [0.29, 0.717) is 6.42 Å². The van der Waals surface area contributed by atoms with Gasteiger partial charge >= 0.3 is 16.1 Å². The van der Waals surface area contributed by atoms with Crippen LogP contribution in [0.3, 0.4) is 0 Å². The zero-order valence-electron chi connectivity index (χ0n) is 13.3. The Balaban J connectivity index is 3.69. The Morgan fingerprint density at radius 3 is 2.10 bits per heavy atom. The molecule has 0 aromatic heterocycles. The number of carbonyl (C=O) groups excluding carboxylic acids is 1. The normalized spacial score (nSPS) is 13.1. The predicted octanol–water partition coefficient (Wildman–Crippen LogP) is 3.02. The quantitative estimate of drug-likeness (QED) is 0.416. The number of hydrogen-bond acceptors (Lipinski definition) is 5. The first kappa shape index (κ1) is 20.4. The van der Waals surface area contributed by atoms with E-state index in [1.165, 1.54) is 32.1 Å². The summed E-state index contributed by atoms with van der Waals surface area (Å²) in [6.45, 7) is 3.33. The maximum atomic E-state index is 11.6. The molecule has 6 heteroatoms. The van der Waals surface area contributed by atoms with Crippen LogP contribution in [-0.2, 0) is 19.1 Å². The van der Waals surface area contributed by atoms with E-state index in [2.05, 4.69) is 11.1 Å². The second-order valence-corrected chi connectivity index (χ2v) is 7.24. The van der Waals surface area contributed by atoms with E-state index in [0.717, 1.165) is 19.3 Å². The Kier molecular flexibility index (Phi) is 11.6. The van der Waals surface area contributed by atoms with Crippen molar-refractivity contribution in [2.75, 3.05) is 12.4 Å². The van der Waals surface area contributed by atoms with Crippen molar-refractivity contribution in [1.29, 1.82) is 0 Å². The lowest BCUT2D eigenvalue weighted by Crippen LogP contribution is -2.22. The van der Waals surface area contributed by atoms with E-state index in [9.17, 15) is 13.2 Å². The lowest BCUT2D eigenvalue weighted by atomic mass is 10.0. The van der Waals surface area contributed by atoms with Crippen LogP contribution in [0.15, 0.2) is 0 Å². The monoisotopic (exact) mass is 322 g/mol. The van der Waals surface area contributed by atoms with Gasteiger partial charge in [0.25, 0.3) is 0 Å². The Morgan fingerprint density at radius 2 is 1.57 bits per heavy atom. The summed E-state index contributed by atoms with van der Waals surface area (Å²) in [6.07, 6.45) is 10.1. The Bertz CT molecular complexity index is 364. The van der Waals surface area contributed by atoms with Gasteiger partial charge in [0.05, 0.1) is 12.5 Å². The van der Waals surface area contributed by atoms with Gasteiger partial charge in [-0.1, -0.05) is 65.2 Å². The largest absolute Gasteiger partial charge is 0.395 e. The van der Waals surface area contributed by atoms with Gasteiger partial charge in [-0.25, -0.2) is 0 Å². The van der Waals surface area contributed by atoms with Crippen LogP contribution < -0.4 is 0 Å². The van der Waals surface area contributed by atoms with Gasteiger partial charge in [-0.2, -0.15) is 8.42 Å². The van der Waals surface area contributed by atoms with E-state index < -0.39 is 34.4 Å². The minimum atomic E-state index is -3.92. The van der Waals surface area contributed by atoms with Crippen LogP contribution in [0, 0.1) is 5.92 Å². The number of aliphatic hydroxyl groups is 1. The highest BCUT2D eigenvalue weighted by atomic mass is 32.2. The van der Waals surface area contributed by atoms with Crippen molar-refractivity contribution in [1.82, 2.24) is 0 Å². The lowest BCUT2D eigenvalue weighted by Gasteiger charge is -2.10. The van der Waals surface area contributed by atoms with E-state index in [4.69, 9.17) is 5.11 Å². The van der Waals surface area contributed by atoms with Gasteiger partial charge in [0.1, 0.15) is 5.75 Å². The summed E-state index contributed by atoms with van der Waals surface area (Å²) in [4.78, 5) is 11.6. The minimum absolute atomic E-state index is 0.418. The lowest BCUT2D eigenvalue weighted by molar-refractivity contribution is -0.138. The third-order valence-corrected chi connectivity index (χ3v) is 4.54. The average Bonchev–Trinajstić information content (AvgIpc) is 2.40. The first-order valence-electron chi connectivity index (χ1n) is 7.99. The molecule has 0 rings (SSSR count). The van der Waals surface area contributed by atoms with E-state index >= 15 is 0 Å². The Morgan fingerprint density at radius 1 is 1.05 bits per heavy atom. The van der Waals surface area contributed by atoms with Gasteiger partial charge in [0.15, 0.2) is 0 Å². The molecule has 0 radical (unpaired) electrons. The molecule has 0 aliphatic heterocycles. The summed E-state index contributed by atoms with van der Waals surface area (Å²) in [5.74, 6) is -1.67. The van der Waals surface area contributed by atoms with Gasteiger partial charge in [0, 0.05) is 0 Å². The van der Waals surface area contributed by atoms with Crippen molar-refractivity contribution in [3.8, 4) is 0 Å². The van der Waals surface area contributed by atoms with Crippen LogP contribution in [-0.4, -0.2) is 31.9 Å². The molecule has 0 aliphatic carbocycles. The molecule has 0 spiro atoms. The van der Waals surface area contributed by atoms with Crippen LogP contribution >= 0.6 is 0 Å². The van der Waals surface area contributed by atoms with Gasteiger partial charge in [-0.15, -0.1) is 0 Å². The predicted molar refractivity (Wildman–Crippen MR) is 83.4 cm³/mol. The molecule has 0 bridgehead atoms. The summed E-state index contributed by atoms with van der Waals surface area (Å²) >= 11 is 0. The highest BCUT2D eigenvalue weighted by Crippen LogP contribution is 2.15. The first-order valence-corrected chi connectivity index (χ1v) is 9.57. The maximum absolute atomic E-state index is 11.6. The second kappa shape index (κ2) is 12.0. The first-order chi connectivity index (χ1) is 9.93. The summed E-state index contributed by atoms with van der Waals surface area (Å²) in [6, 6.07) is 0. The molecular formula is C15H30O5S. The van der Waals surface area contributed by atoms with E-state index in [1.54, 1.807) is 6.92 Å². The molecule has 0 fully saturated rings. The van der Waals surface area contributed by atoms with Crippen LogP contribution in [0.2, 0.25) is 0 Å². The Hall–Kier alpha value is -0.620.